The van der Waals surface area contributed by atoms with Crippen molar-refractivity contribution >= 4 is 29.5 Å². The van der Waals surface area contributed by atoms with Crippen LogP contribution in [0.4, 0.5) is 5.69 Å². The molecule has 0 bridgehead atoms. The largest absolute Gasteiger partial charge is 0.451 e. The second kappa shape index (κ2) is 9.33. The van der Waals surface area contributed by atoms with Gasteiger partial charge in [-0.25, -0.2) is 4.79 Å². The highest BCUT2D eigenvalue weighted by molar-refractivity contribution is 5.99. The van der Waals surface area contributed by atoms with Crippen LogP contribution >= 0.6 is 0 Å². The van der Waals surface area contributed by atoms with Crippen LogP contribution in [0.3, 0.4) is 0 Å². The van der Waals surface area contributed by atoms with E-state index in [0.717, 1.165) is 16.7 Å². The van der Waals surface area contributed by atoms with E-state index in [1.54, 1.807) is 30.3 Å². The normalized spacial score (nSPS) is 10.9. The van der Waals surface area contributed by atoms with E-state index in [1.807, 2.05) is 32.0 Å². The van der Waals surface area contributed by atoms with Gasteiger partial charge in [0.1, 0.15) is 5.70 Å². The fourth-order valence-corrected chi connectivity index (χ4v) is 2.28. The third-order valence-corrected chi connectivity index (χ3v) is 3.77. The summed E-state index contributed by atoms with van der Waals surface area (Å²) in [5.74, 6) is -1.66. The van der Waals surface area contributed by atoms with Crippen LogP contribution in [0.25, 0.3) is 6.08 Å². The van der Waals surface area contributed by atoms with Crippen molar-refractivity contribution in [2.45, 2.75) is 20.8 Å². The molecule has 0 unspecified atom stereocenters. The number of amides is 2. The van der Waals surface area contributed by atoms with Gasteiger partial charge in [0, 0.05) is 12.6 Å². The topological polar surface area (TPSA) is 84.5 Å². The first kappa shape index (κ1) is 19.9. The lowest BCUT2D eigenvalue weighted by Gasteiger charge is -2.10. The van der Waals surface area contributed by atoms with E-state index in [9.17, 15) is 14.4 Å². The third kappa shape index (κ3) is 6.43. The van der Waals surface area contributed by atoms with Crippen molar-refractivity contribution < 1.29 is 19.1 Å². The molecule has 140 valence electrons. The van der Waals surface area contributed by atoms with Crippen molar-refractivity contribution in [3.63, 3.8) is 0 Å². The minimum atomic E-state index is -0.788. The molecule has 0 aliphatic carbocycles. The molecule has 0 fully saturated rings. The standard InChI is InChI=1S/C21H22N2O4/c1-14-9-10-18(11-15(14)2)23-20(25)13-27-21(26)19(22-16(3)24)12-17-7-5-4-6-8-17/h4-12H,13H2,1-3H3,(H,22,24)(H,23,25)/b19-12-. The molecule has 0 heterocycles. The van der Waals surface area contributed by atoms with Gasteiger partial charge in [-0.1, -0.05) is 36.4 Å². The molecule has 0 spiro atoms. The van der Waals surface area contributed by atoms with Gasteiger partial charge in [0.05, 0.1) is 0 Å². The maximum absolute atomic E-state index is 12.3. The van der Waals surface area contributed by atoms with Gasteiger partial charge < -0.3 is 15.4 Å². The van der Waals surface area contributed by atoms with Crippen molar-refractivity contribution in [2.75, 3.05) is 11.9 Å². The molecule has 6 nitrogen and oxygen atoms in total. The van der Waals surface area contributed by atoms with Crippen LogP contribution in [0.1, 0.15) is 23.6 Å². The Kier molecular flexibility index (Phi) is 6.88. The molecule has 2 aromatic carbocycles. The van der Waals surface area contributed by atoms with Crippen LogP contribution in [-0.2, 0) is 19.1 Å². The van der Waals surface area contributed by atoms with Crippen LogP contribution in [-0.4, -0.2) is 24.4 Å². The van der Waals surface area contributed by atoms with Crippen molar-refractivity contribution in [3.05, 3.63) is 70.9 Å². The first-order valence-electron chi connectivity index (χ1n) is 8.43. The number of anilines is 1. The Morgan fingerprint density at radius 2 is 1.70 bits per heavy atom. The molecule has 27 heavy (non-hydrogen) atoms. The van der Waals surface area contributed by atoms with E-state index >= 15 is 0 Å². The molecule has 0 saturated heterocycles. The molecule has 0 saturated carbocycles. The van der Waals surface area contributed by atoms with Gasteiger partial charge in [0.2, 0.25) is 5.91 Å². The summed E-state index contributed by atoms with van der Waals surface area (Å²) in [5.41, 5.74) is 3.47. The predicted molar refractivity (Wildman–Crippen MR) is 104 cm³/mol. The molecule has 0 aliphatic rings. The summed E-state index contributed by atoms with van der Waals surface area (Å²) in [6.45, 7) is 4.75. The number of ether oxygens (including phenoxy) is 1. The lowest BCUT2D eigenvalue weighted by Crippen LogP contribution is -2.28. The molecular formula is C21H22N2O4. The fraction of sp³-hybridized carbons (Fsp3) is 0.190. The molecule has 0 radical (unpaired) electrons. The monoisotopic (exact) mass is 366 g/mol. The van der Waals surface area contributed by atoms with Gasteiger partial charge >= 0.3 is 5.97 Å². The van der Waals surface area contributed by atoms with Crippen LogP contribution in [0.15, 0.2) is 54.2 Å². The summed E-state index contributed by atoms with van der Waals surface area (Å²) in [6, 6.07) is 14.5. The van der Waals surface area contributed by atoms with Gasteiger partial charge in [-0.3, -0.25) is 9.59 Å². The van der Waals surface area contributed by atoms with Crippen LogP contribution in [0.5, 0.6) is 0 Å². The number of carbonyl (C=O) groups excluding carboxylic acids is 3. The van der Waals surface area contributed by atoms with Crippen molar-refractivity contribution in [3.8, 4) is 0 Å². The van der Waals surface area contributed by atoms with Gasteiger partial charge in [-0.2, -0.15) is 0 Å². The number of hydrogen-bond acceptors (Lipinski definition) is 4. The van der Waals surface area contributed by atoms with Crippen molar-refractivity contribution in [1.82, 2.24) is 5.32 Å². The average molecular weight is 366 g/mol. The van der Waals surface area contributed by atoms with E-state index in [4.69, 9.17) is 4.74 Å². The number of rotatable bonds is 6. The highest BCUT2D eigenvalue weighted by Crippen LogP contribution is 2.14. The Labute approximate surface area is 158 Å². The SMILES string of the molecule is CC(=O)N/C(=C\c1ccccc1)C(=O)OCC(=O)Nc1ccc(C)c(C)c1. The first-order chi connectivity index (χ1) is 12.8. The lowest BCUT2D eigenvalue weighted by molar-refractivity contribution is -0.144. The summed E-state index contributed by atoms with van der Waals surface area (Å²) in [5, 5.41) is 5.10. The quantitative estimate of drug-likeness (QED) is 0.608. The second-order valence-corrected chi connectivity index (χ2v) is 6.07. The molecule has 0 aromatic heterocycles. The average Bonchev–Trinajstić information content (AvgIpc) is 2.63. The molecule has 2 amide bonds. The molecule has 0 aliphatic heterocycles. The van der Waals surface area contributed by atoms with Crippen LogP contribution in [0.2, 0.25) is 0 Å². The summed E-state index contributed by atoms with van der Waals surface area (Å²) in [7, 11) is 0. The van der Waals surface area contributed by atoms with Crippen LogP contribution in [0, 0.1) is 13.8 Å². The molecule has 6 heteroatoms. The van der Waals surface area contributed by atoms with Crippen LogP contribution < -0.4 is 10.6 Å². The Morgan fingerprint density at radius 3 is 2.33 bits per heavy atom. The van der Waals surface area contributed by atoms with E-state index in [1.165, 1.54) is 13.0 Å². The fourth-order valence-electron chi connectivity index (χ4n) is 2.28. The van der Waals surface area contributed by atoms with Gasteiger partial charge in [-0.15, -0.1) is 0 Å². The maximum Gasteiger partial charge on any atom is 0.355 e. The Morgan fingerprint density at radius 1 is 1.00 bits per heavy atom. The van der Waals surface area contributed by atoms with E-state index in [0.29, 0.717) is 5.69 Å². The summed E-state index contributed by atoms with van der Waals surface area (Å²) >= 11 is 0. The summed E-state index contributed by atoms with van der Waals surface area (Å²) in [4.78, 5) is 35.6. The number of aryl methyl sites for hydroxylation is 2. The smallest absolute Gasteiger partial charge is 0.355 e. The summed E-state index contributed by atoms with van der Waals surface area (Å²) in [6.07, 6.45) is 1.49. The Hall–Kier alpha value is -3.41. The minimum Gasteiger partial charge on any atom is -0.451 e. The van der Waals surface area contributed by atoms with Gasteiger partial charge in [0.25, 0.3) is 5.91 Å². The number of carbonyl (C=O) groups is 3. The van der Waals surface area contributed by atoms with Crippen molar-refractivity contribution in [2.24, 2.45) is 0 Å². The minimum absolute atomic E-state index is 0.0346. The van der Waals surface area contributed by atoms with Gasteiger partial charge in [-0.05, 0) is 48.7 Å². The molecule has 2 rings (SSSR count). The lowest BCUT2D eigenvalue weighted by atomic mass is 10.1. The molecular weight excluding hydrogens is 344 g/mol. The number of benzene rings is 2. The van der Waals surface area contributed by atoms with E-state index in [2.05, 4.69) is 10.6 Å². The second-order valence-electron chi connectivity index (χ2n) is 6.07. The zero-order valence-electron chi connectivity index (χ0n) is 15.5. The van der Waals surface area contributed by atoms with Crippen molar-refractivity contribution in [1.29, 1.82) is 0 Å². The maximum atomic E-state index is 12.3. The van der Waals surface area contributed by atoms with E-state index in [-0.39, 0.29) is 5.70 Å². The van der Waals surface area contributed by atoms with Gasteiger partial charge in [0.15, 0.2) is 6.61 Å². The zero-order chi connectivity index (χ0) is 19.8. The number of nitrogens with one attached hydrogen (secondary N) is 2. The number of esters is 1. The highest BCUT2D eigenvalue weighted by atomic mass is 16.5. The van der Waals surface area contributed by atoms with E-state index < -0.39 is 24.4 Å². The highest BCUT2D eigenvalue weighted by Gasteiger charge is 2.15. The summed E-state index contributed by atoms with van der Waals surface area (Å²) < 4.78 is 5.03. The third-order valence-electron chi connectivity index (χ3n) is 3.77. The number of hydrogen-bond donors (Lipinski definition) is 2. The Balaban J connectivity index is 2.00. The molecule has 2 N–H and O–H groups in total. The molecule has 0 atom stereocenters. The predicted octanol–water partition coefficient (Wildman–Crippen LogP) is 2.96. The molecule has 2 aromatic rings. The zero-order valence-corrected chi connectivity index (χ0v) is 15.5. The first-order valence-corrected chi connectivity index (χ1v) is 8.43. The Bertz CT molecular complexity index is 873.